The monoisotopic (exact) mass is 438 g/mol. The predicted octanol–water partition coefficient (Wildman–Crippen LogP) is 2.73. The smallest absolute Gasteiger partial charge is 0.260 e. The van der Waals surface area contributed by atoms with Gasteiger partial charge in [0.05, 0.1) is 18.4 Å². The van der Waals surface area contributed by atoms with Crippen LogP contribution in [-0.2, 0) is 4.79 Å². The van der Waals surface area contributed by atoms with Gasteiger partial charge in [-0.2, -0.15) is 0 Å². The van der Waals surface area contributed by atoms with Gasteiger partial charge in [-0.3, -0.25) is 9.59 Å². The number of hydrogen-bond acceptors (Lipinski definition) is 6. The fourth-order valence-corrected chi connectivity index (χ4v) is 4.30. The molecule has 2 amide bonds. The maximum absolute atomic E-state index is 12.7. The second kappa shape index (κ2) is 9.54. The minimum absolute atomic E-state index is 0.0125. The molecule has 0 unspecified atom stereocenters. The van der Waals surface area contributed by atoms with Crippen LogP contribution < -0.4 is 9.47 Å². The molecule has 0 saturated carbocycles. The third-order valence-electron chi connectivity index (χ3n) is 6.20. The third kappa shape index (κ3) is 4.69. The number of ether oxygens (including phenoxy) is 2. The number of aryl methyl sites for hydroxylation is 2. The summed E-state index contributed by atoms with van der Waals surface area (Å²) < 4.78 is 11.1. The van der Waals surface area contributed by atoms with E-state index in [1.165, 1.54) is 0 Å². The van der Waals surface area contributed by atoms with E-state index < -0.39 is 0 Å². The second-order valence-electron chi connectivity index (χ2n) is 8.49. The van der Waals surface area contributed by atoms with Gasteiger partial charge in [-0.15, -0.1) is 0 Å². The predicted molar refractivity (Wildman–Crippen MR) is 119 cm³/mol. The van der Waals surface area contributed by atoms with Crippen LogP contribution in [0.3, 0.4) is 0 Å². The molecule has 0 bridgehead atoms. The first kappa shape index (κ1) is 22.0. The Kier molecular flexibility index (Phi) is 6.58. The fourth-order valence-electron chi connectivity index (χ4n) is 4.30. The number of carbonyl (C=O) groups excluding carboxylic acids is 2. The van der Waals surface area contributed by atoms with E-state index in [2.05, 4.69) is 9.97 Å². The molecule has 32 heavy (non-hydrogen) atoms. The van der Waals surface area contributed by atoms with Crippen molar-refractivity contribution in [3.63, 3.8) is 0 Å². The number of rotatable bonds is 6. The van der Waals surface area contributed by atoms with E-state index in [4.69, 9.17) is 9.47 Å². The molecule has 2 fully saturated rings. The molecule has 0 radical (unpaired) electrons. The Morgan fingerprint density at radius 3 is 2.59 bits per heavy atom. The molecule has 8 heteroatoms. The van der Waals surface area contributed by atoms with Crippen LogP contribution in [0.5, 0.6) is 11.5 Å². The highest BCUT2D eigenvalue weighted by atomic mass is 16.5. The van der Waals surface area contributed by atoms with Gasteiger partial charge < -0.3 is 19.3 Å². The van der Waals surface area contributed by atoms with Crippen molar-refractivity contribution in [2.24, 2.45) is 0 Å². The SMILES string of the molecule is COc1cc(C)ccc1OCC(=O)N1CC[C@@H](c2ncc(C(=O)N3CCCC3)c(C)n2)C1. The molecule has 0 aliphatic carbocycles. The van der Waals surface area contributed by atoms with Gasteiger partial charge in [0.1, 0.15) is 5.82 Å². The first-order valence-electron chi connectivity index (χ1n) is 11.1. The Morgan fingerprint density at radius 1 is 1.09 bits per heavy atom. The molecule has 0 spiro atoms. The lowest BCUT2D eigenvalue weighted by molar-refractivity contribution is -0.132. The van der Waals surface area contributed by atoms with Gasteiger partial charge in [-0.1, -0.05) is 6.07 Å². The standard InChI is InChI=1S/C24H30N4O4/c1-16-6-7-20(21(12-16)31-3)32-15-22(29)28-11-8-18(14-28)23-25-13-19(17(2)26-23)24(30)27-9-4-5-10-27/h6-7,12-13,18H,4-5,8-11,14-15H2,1-3H3/t18-/m1/s1. The highest BCUT2D eigenvalue weighted by Crippen LogP contribution is 2.29. The summed E-state index contributed by atoms with van der Waals surface area (Å²) >= 11 is 0. The van der Waals surface area contributed by atoms with E-state index in [0.717, 1.165) is 37.9 Å². The zero-order valence-electron chi connectivity index (χ0n) is 19.0. The van der Waals surface area contributed by atoms with E-state index in [1.807, 2.05) is 36.9 Å². The Labute approximate surface area is 188 Å². The average Bonchev–Trinajstić information content (AvgIpc) is 3.50. The van der Waals surface area contributed by atoms with Crippen LogP contribution in [0.15, 0.2) is 24.4 Å². The molecule has 1 aromatic carbocycles. The van der Waals surface area contributed by atoms with Crippen molar-refractivity contribution in [2.75, 3.05) is 39.9 Å². The summed E-state index contributed by atoms with van der Waals surface area (Å²) in [6.45, 7) is 6.57. The first-order valence-corrected chi connectivity index (χ1v) is 11.1. The van der Waals surface area contributed by atoms with Crippen molar-refractivity contribution in [2.45, 2.75) is 39.0 Å². The number of benzene rings is 1. The molecule has 1 aromatic heterocycles. The molecular formula is C24H30N4O4. The largest absolute Gasteiger partial charge is 0.493 e. The number of likely N-dealkylation sites (tertiary alicyclic amines) is 2. The van der Waals surface area contributed by atoms with Crippen LogP contribution in [0, 0.1) is 13.8 Å². The van der Waals surface area contributed by atoms with E-state index in [0.29, 0.717) is 41.7 Å². The zero-order chi connectivity index (χ0) is 22.7. The molecule has 2 aliphatic heterocycles. The second-order valence-corrected chi connectivity index (χ2v) is 8.49. The van der Waals surface area contributed by atoms with Crippen molar-refractivity contribution in [1.82, 2.24) is 19.8 Å². The average molecular weight is 439 g/mol. The van der Waals surface area contributed by atoms with Crippen molar-refractivity contribution < 1.29 is 19.1 Å². The molecule has 170 valence electrons. The first-order chi connectivity index (χ1) is 15.5. The molecule has 8 nitrogen and oxygen atoms in total. The maximum atomic E-state index is 12.7. The summed E-state index contributed by atoms with van der Waals surface area (Å²) in [5, 5.41) is 0. The van der Waals surface area contributed by atoms with E-state index in [1.54, 1.807) is 18.2 Å². The topological polar surface area (TPSA) is 84.9 Å². The summed E-state index contributed by atoms with van der Waals surface area (Å²) in [5.74, 6) is 1.86. The van der Waals surface area contributed by atoms with Gasteiger partial charge in [0.25, 0.3) is 11.8 Å². The summed E-state index contributed by atoms with van der Waals surface area (Å²) in [7, 11) is 1.58. The van der Waals surface area contributed by atoms with Crippen LogP contribution in [0.25, 0.3) is 0 Å². The van der Waals surface area contributed by atoms with Gasteiger partial charge in [-0.25, -0.2) is 9.97 Å². The Bertz CT molecular complexity index is 1000. The van der Waals surface area contributed by atoms with Crippen LogP contribution in [-0.4, -0.2) is 71.5 Å². The highest BCUT2D eigenvalue weighted by Gasteiger charge is 2.30. The Balaban J connectivity index is 1.35. The number of hydrogen-bond donors (Lipinski definition) is 0. The number of carbonyl (C=O) groups is 2. The minimum Gasteiger partial charge on any atom is -0.493 e. The lowest BCUT2D eigenvalue weighted by atomic mass is 10.1. The summed E-state index contributed by atoms with van der Waals surface area (Å²) in [5.41, 5.74) is 2.33. The minimum atomic E-state index is -0.0762. The van der Waals surface area contributed by atoms with Crippen LogP contribution in [0.1, 0.15) is 52.6 Å². The van der Waals surface area contributed by atoms with E-state index in [-0.39, 0.29) is 24.3 Å². The van der Waals surface area contributed by atoms with Gasteiger partial charge in [0, 0.05) is 38.3 Å². The van der Waals surface area contributed by atoms with Crippen molar-refractivity contribution in [3.05, 3.63) is 47.0 Å². The Morgan fingerprint density at radius 2 is 1.88 bits per heavy atom. The van der Waals surface area contributed by atoms with Gasteiger partial charge in [0.2, 0.25) is 0 Å². The highest BCUT2D eigenvalue weighted by molar-refractivity contribution is 5.95. The molecule has 4 rings (SSSR count). The van der Waals surface area contributed by atoms with Crippen molar-refractivity contribution in [1.29, 1.82) is 0 Å². The van der Waals surface area contributed by atoms with E-state index >= 15 is 0 Å². The molecule has 1 atom stereocenters. The van der Waals surface area contributed by atoms with Crippen molar-refractivity contribution >= 4 is 11.8 Å². The molecule has 2 aliphatic rings. The van der Waals surface area contributed by atoms with Gasteiger partial charge in [-0.05, 0) is 50.8 Å². The summed E-state index contributed by atoms with van der Waals surface area (Å²) in [6.07, 6.45) is 4.54. The van der Waals surface area contributed by atoms with Gasteiger partial charge in [0.15, 0.2) is 18.1 Å². The van der Waals surface area contributed by atoms with Crippen LogP contribution >= 0.6 is 0 Å². The maximum Gasteiger partial charge on any atom is 0.260 e. The van der Waals surface area contributed by atoms with Crippen molar-refractivity contribution in [3.8, 4) is 11.5 Å². The van der Waals surface area contributed by atoms with Crippen LogP contribution in [0.2, 0.25) is 0 Å². The normalized spacial score (nSPS) is 18.2. The molecule has 2 aromatic rings. The number of nitrogens with zero attached hydrogens (tertiary/aromatic N) is 4. The summed E-state index contributed by atoms with van der Waals surface area (Å²) in [6, 6.07) is 5.62. The van der Waals surface area contributed by atoms with Gasteiger partial charge >= 0.3 is 0 Å². The Hall–Kier alpha value is -3.16. The lowest BCUT2D eigenvalue weighted by Crippen LogP contribution is -2.33. The van der Waals surface area contributed by atoms with Crippen LogP contribution in [0.4, 0.5) is 0 Å². The molecule has 2 saturated heterocycles. The quantitative estimate of drug-likeness (QED) is 0.690. The molecule has 0 N–H and O–H groups in total. The molecular weight excluding hydrogens is 408 g/mol. The number of amides is 2. The third-order valence-corrected chi connectivity index (χ3v) is 6.20. The summed E-state index contributed by atoms with van der Waals surface area (Å²) in [4.78, 5) is 38.1. The van der Waals surface area contributed by atoms with E-state index in [9.17, 15) is 9.59 Å². The molecule has 3 heterocycles. The number of methoxy groups -OCH3 is 1. The number of aromatic nitrogens is 2. The zero-order valence-corrected chi connectivity index (χ0v) is 19.0. The lowest BCUT2D eigenvalue weighted by Gasteiger charge is -2.18. The fraction of sp³-hybridized carbons (Fsp3) is 0.500.